The molecule has 0 saturated carbocycles. The maximum absolute atomic E-state index is 12.2. The maximum Gasteiger partial charge on any atom is 0.475 e. The number of hydrogen-bond donors (Lipinski definition) is 4. The number of aryl methyl sites for hydroxylation is 1. The van der Waals surface area contributed by atoms with Gasteiger partial charge in [0.1, 0.15) is 11.3 Å². The summed E-state index contributed by atoms with van der Waals surface area (Å²) in [7, 11) is -0.402. The molecule has 0 aliphatic rings. The number of fused-ring (bicyclic) bond motifs is 1. The molecule has 0 bridgehead atoms. The van der Waals surface area contributed by atoms with E-state index in [0.717, 1.165) is 5.39 Å². The van der Waals surface area contributed by atoms with Crippen LogP contribution in [0.4, 0.5) is 5.69 Å². The number of benzene rings is 1. The van der Waals surface area contributed by atoms with Crippen molar-refractivity contribution in [2.24, 2.45) is 7.05 Å². The summed E-state index contributed by atoms with van der Waals surface area (Å²) in [6.07, 6.45) is 2.99. The van der Waals surface area contributed by atoms with Crippen LogP contribution in [0, 0.1) is 0 Å². The Kier molecular flexibility index (Phi) is 5.62. The number of furan rings is 1. The number of carbonyl (C=O) groups excluding carboxylic acids is 2. The third-order valence-electron chi connectivity index (χ3n) is 4.26. The Bertz CT molecular complexity index is 1070. The first kappa shape index (κ1) is 19.4. The zero-order valence-corrected chi connectivity index (χ0v) is 15.0. The third kappa shape index (κ3) is 4.13. The van der Waals surface area contributed by atoms with Gasteiger partial charge in [-0.1, -0.05) is 18.2 Å². The van der Waals surface area contributed by atoms with Crippen LogP contribution in [0.5, 0.6) is 0 Å². The fourth-order valence-electron chi connectivity index (χ4n) is 2.76. The molecule has 0 aliphatic heterocycles. The highest BCUT2D eigenvalue weighted by Crippen LogP contribution is 2.22. The fraction of sp³-hybridized carbons (Fsp3) is 0.167. The molecule has 0 radical (unpaired) electrons. The van der Waals surface area contributed by atoms with Crippen molar-refractivity contribution in [2.45, 2.75) is 12.4 Å². The lowest BCUT2D eigenvalue weighted by molar-refractivity contribution is -0.136. The number of amides is 2. The molecule has 0 spiro atoms. The topological polar surface area (TPSA) is 134 Å². The second-order valence-electron chi connectivity index (χ2n) is 6.25. The Balaban J connectivity index is 1.71. The zero-order chi connectivity index (χ0) is 20.3. The summed E-state index contributed by atoms with van der Waals surface area (Å²) in [6, 6.07) is 10.1. The summed E-state index contributed by atoms with van der Waals surface area (Å²) in [6.45, 7) is 0. The average Bonchev–Trinajstić information content (AvgIpc) is 3.07. The molecule has 0 fully saturated rings. The van der Waals surface area contributed by atoms with E-state index in [4.69, 9.17) is 4.42 Å². The van der Waals surface area contributed by atoms with Gasteiger partial charge in [0.25, 0.3) is 5.56 Å². The number of pyridine rings is 1. The number of nitrogens with zero attached hydrogens (tertiary/aromatic N) is 1. The molecule has 0 aliphatic carbocycles. The highest BCUT2D eigenvalue weighted by molar-refractivity contribution is 6.46. The molecular weight excluding hydrogens is 365 g/mol. The minimum Gasteiger partial charge on any atom is -0.464 e. The highest BCUT2D eigenvalue weighted by Gasteiger charge is 2.29. The minimum absolute atomic E-state index is 0.0286. The van der Waals surface area contributed by atoms with Crippen LogP contribution in [0.2, 0.25) is 0 Å². The van der Waals surface area contributed by atoms with Gasteiger partial charge in [0, 0.05) is 18.6 Å². The first-order valence-corrected chi connectivity index (χ1v) is 8.45. The minimum atomic E-state index is -1.91. The summed E-state index contributed by atoms with van der Waals surface area (Å²) in [4.78, 5) is 36.2. The smallest absolute Gasteiger partial charge is 0.464 e. The van der Waals surface area contributed by atoms with Crippen LogP contribution in [0.25, 0.3) is 11.0 Å². The van der Waals surface area contributed by atoms with Gasteiger partial charge in [-0.3, -0.25) is 14.4 Å². The van der Waals surface area contributed by atoms with Gasteiger partial charge >= 0.3 is 18.9 Å². The van der Waals surface area contributed by atoms with Crippen LogP contribution >= 0.6 is 0 Å². The van der Waals surface area contributed by atoms with E-state index in [0.29, 0.717) is 11.1 Å². The molecule has 144 valence electrons. The van der Waals surface area contributed by atoms with Gasteiger partial charge in [-0.05, 0) is 30.2 Å². The normalized spacial score (nSPS) is 11.8. The number of carbonyl (C=O) groups is 2. The van der Waals surface area contributed by atoms with Crippen molar-refractivity contribution in [1.29, 1.82) is 0 Å². The zero-order valence-electron chi connectivity index (χ0n) is 15.0. The molecular formula is C18H18BN3O6. The summed E-state index contributed by atoms with van der Waals surface area (Å²) >= 11 is 0. The molecule has 28 heavy (non-hydrogen) atoms. The number of anilines is 1. The van der Waals surface area contributed by atoms with Crippen LogP contribution in [0.3, 0.4) is 0 Å². The van der Waals surface area contributed by atoms with Gasteiger partial charge in [0.15, 0.2) is 0 Å². The van der Waals surface area contributed by atoms with Crippen LogP contribution < -0.4 is 16.2 Å². The van der Waals surface area contributed by atoms with Crippen molar-refractivity contribution < 1.29 is 24.1 Å². The second kappa shape index (κ2) is 8.11. The molecule has 9 nitrogen and oxygen atoms in total. The van der Waals surface area contributed by atoms with Gasteiger partial charge in [-0.2, -0.15) is 0 Å². The summed E-state index contributed by atoms with van der Waals surface area (Å²) in [5.74, 6) is -3.35. The first-order chi connectivity index (χ1) is 13.4. The Labute approximate surface area is 159 Å². The summed E-state index contributed by atoms with van der Waals surface area (Å²) < 4.78 is 6.64. The third-order valence-corrected chi connectivity index (χ3v) is 4.26. The lowest BCUT2D eigenvalue weighted by atomic mass is 9.76. The second-order valence-corrected chi connectivity index (χ2v) is 6.25. The van der Waals surface area contributed by atoms with Gasteiger partial charge < -0.3 is 29.7 Å². The van der Waals surface area contributed by atoms with E-state index in [1.807, 2.05) is 0 Å². The molecule has 1 atom stereocenters. The molecule has 3 rings (SSSR count). The Morgan fingerprint density at radius 1 is 1.18 bits per heavy atom. The fourth-order valence-corrected chi connectivity index (χ4v) is 2.76. The SMILES string of the molecule is Cn1cccc(NC(=O)C(=O)N[C@@H](Cc2coc3ccccc23)B(O)O)c1=O. The van der Waals surface area contributed by atoms with Gasteiger partial charge in [-0.15, -0.1) is 0 Å². The molecule has 1 aromatic carbocycles. The average molecular weight is 383 g/mol. The van der Waals surface area contributed by atoms with Crippen molar-refractivity contribution in [2.75, 3.05) is 5.32 Å². The van der Waals surface area contributed by atoms with E-state index >= 15 is 0 Å². The molecule has 2 heterocycles. The largest absolute Gasteiger partial charge is 0.475 e. The number of nitrogens with one attached hydrogen (secondary N) is 2. The lowest BCUT2D eigenvalue weighted by Crippen LogP contribution is -2.51. The van der Waals surface area contributed by atoms with Crippen molar-refractivity contribution in [3.05, 3.63) is 64.8 Å². The molecule has 4 N–H and O–H groups in total. The number of aromatic nitrogens is 1. The predicted octanol–water partition coefficient (Wildman–Crippen LogP) is -0.191. The standard InChI is InChI=1S/C18H18BN3O6/c1-22-8-4-6-13(18(22)25)20-16(23)17(24)21-15(19(26)27)9-11-10-28-14-7-3-2-5-12(11)14/h2-8,10,15,26-27H,9H2,1H3,(H,20,23)(H,21,24)/t15-/m0/s1. The lowest BCUT2D eigenvalue weighted by Gasteiger charge is -2.17. The molecule has 2 aromatic heterocycles. The Morgan fingerprint density at radius 2 is 1.93 bits per heavy atom. The number of rotatable bonds is 5. The summed E-state index contributed by atoms with van der Waals surface area (Å²) in [5.41, 5.74) is 0.721. The van der Waals surface area contributed by atoms with Crippen molar-refractivity contribution in [3.8, 4) is 0 Å². The van der Waals surface area contributed by atoms with E-state index in [1.54, 1.807) is 30.3 Å². The van der Waals surface area contributed by atoms with Crippen LogP contribution in [0.15, 0.2) is 58.1 Å². The maximum atomic E-state index is 12.2. The Morgan fingerprint density at radius 3 is 2.68 bits per heavy atom. The molecule has 0 saturated heterocycles. The molecule has 10 heteroatoms. The summed E-state index contributed by atoms with van der Waals surface area (Å²) in [5, 5.41) is 24.5. The van der Waals surface area contributed by atoms with Crippen LogP contribution in [0.1, 0.15) is 5.56 Å². The monoisotopic (exact) mass is 383 g/mol. The van der Waals surface area contributed by atoms with E-state index in [2.05, 4.69) is 10.6 Å². The Hall–Kier alpha value is -3.37. The van der Waals surface area contributed by atoms with Crippen molar-refractivity contribution in [1.82, 2.24) is 9.88 Å². The number of hydrogen-bond acceptors (Lipinski definition) is 6. The van der Waals surface area contributed by atoms with Crippen molar-refractivity contribution >= 4 is 35.6 Å². The van der Waals surface area contributed by atoms with Gasteiger partial charge in [0.2, 0.25) is 0 Å². The quantitative estimate of drug-likeness (QED) is 0.357. The van der Waals surface area contributed by atoms with Gasteiger partial charge in [-0.25, -0.2) is 0 Å². The van der Waals surface area contributed by atoms with E-state index in [-0.39, 0.29) is 12.1 Å². The molecule has 0 unspecified atom stereocenters. The van der Waals surface area contributed by atoms with Gasteiger partial charge in [0.05, 0.1) is 12.2 Å². The van der Waals surface area contributed by atoms with Crippen LogP contribution in [-0.2, 0) is 23.1 Å². The van der Waals surface area contributed by atoms with Crippen molar-refractivity contribution in [3.63, 3.8) is 0 Å². The first-order valence-electron chi connectivity index (χ1n) is 8.45. The predicted molar refractivity (Wildman–Crippen MR) is 102 cm³/mol. The molecule has 2 amide bonds. The highest BCUT2D eigenvalue weighted by atomic mass is 16.4. The number of para-hydroxylation sites is 1. The van der Waals surface area contributed by atoms with E-state index < -0.39 is 30.4 Å². The molecule has 3 aromatic rings. The van der Waals surface area contributed by atoms with Crippen LogP contribution in [-0.4, -0.2) is 39.5 Å². The van der Waals surface area contributed by atoms with E-state index in [9.17, 15) is 24.4 Å². The van der Waals surface area contributed by atoms with E-state index in [1.165, 1.54) is 30.1 Å².